The van der Waals surface area contributed by atoms with Gasteiger partial charge in [-0.1, -0.05) is 18.2 Å². The number of aliphatic hydroxyl groups excluding tert-OH is 1. The standard InChI is InChI=1S/C24H33FN4OS.HI/c1-4-26-24(28-16-19-7-5-17(2)13-23(19)31-3)27-15-18-6-8-22(21(25)14-18)29-11-9-20(30)10-12-29;/h5-8,13-14,20,30H,4,9-12,15-16H2,1-3H3,(H2,26,27,28);1H. The van der Waals surface area contributed by atoms with E-state index >= 15 is 0 Å². The topological polar surface area (TPSA) is 59.9 Å². The van der Waals surface area contributed by atoms with E-state index in [2.05, 4.69) is 47.0 Å². The Morgan fingerprint density at radius 3 is 2.59 bits per heavy atom. The molecule has 3 N–H and O–H groups in total. The van der Waals surface area contributed by atoms with E-state index in [1.807, 2.05) is 24.0 Å². The number of piperidine rings is 1. The number of guanidine groups is 1. The molecule has 2 aromatic carbocycles. The molecule has 0 amide bonds. The molecule has 0 spiro atoms. The van der Waals surface area contributed by atoms with Gasteiger partial charge in [-0.15, -0.1) is 35.7 Å². The van der Waals surface area contributed by atoms with Crippen molar-refractivity contribution in [1.29, 1.82) is 0 Å². The van der Waals surface area contributed by atoms with Crippen molar-refractivity contribution in [3.05, 3.63) is 58.9 Å². The summed E-state index contributed by atoms with van der Waals surface area (Å²) in [5.41, 5.74) is 3.91. The summed E-state index contributed by atoms with van der Waals surface area (Å²) in [6.07, 6.45) is 3.18. The van der Waals surface area contributed by atoms with Crippen LogP contribution in [-0.2, 0) is 13.1 Å². The van der Waals surface area contributed by atoms with Crippen molar-refractivity contribution in [2.24, 2.45) is 4.99 Å². The fourth-order valence-electron chi connectivity index (χ4n) is 3.70. The molecule has 0 unspecified atom stereocenters. The molecule has 5 nitrogen and oxygen atoms in total. The number of hydrogen-bond acceptors (Lipinski definition) is 4. The van der Waals surface area contributed by atoms with Crippen LogP contribution in [0.2, 0.25) is 0 Å². The number of halogens is 2. The molecule has 1 heterocycles. The molecule has 1 aliphatic rings. The molecule has 1 fully saturated rings. The summed E-state index contributed by atoms with van der Waals surface area (Å²) in [5.74, 6) is 0.482. The van der Waals surface area contributed by atoms with Crippen LogP contribution < -0.4 is 15.5 Å². The summed E-state index contributed by atoms with van der Waals surface area (Å²) in [5, 5.41) is 16.3. The van der Waals surface area contributed by atoms with Crippen molar-refractivity contribution in [3.8, 4) is 0 Å². The van der Waals surface area contributed by atoms with Crippen LogP contribution in [0.25, 0.3) is 0 Å². The molecule has 0 aliphatic carbocycles. The van der Waals surface area contributed by atoms with Gasteiger partial charge in [0.05, 0.1) is 18.3 Å². The van der Waals surface area contributed by atoms with Gasteiger partial charge in [-0.25, -0.2) is 9.38 Å². The zero-order chi connectivity index (χ0) is 22.2. The average molecular weight is 573 g/mol. The Morgan fingerprint density at radius 1 is 1.19 bits per heavy atom. The summed E-state index contributed by atoms with van der Waals surface area (Å²) >= 11 is 1.74. The predicted molar refractivity (Wildman–Crippen MR) is 144 cm³/mol. The van der Waals surface area contributed by atoms with Crippen LogP contribution >= 0.6 is 35.7 Å². The Bertz CT molecular complexity index is 904. The zero-order valence-electron chi connectivity index (χ0n) is 19.0. The van der Waals surface area contributed by atoms with Gasteiger partial charge < -0.3 is 20.6 Å². The second-order valence-corrected chi connectivity index (χ2v) is 8.72. The molecule has 0 bridgehead atoms. The number of thioether (sulfide) groups is 1. The van der Waals surface area contributed by atoms with Crippen LogP contribution in [0.15, 0.2) is 46.3 Å². The van der Waals surface area contributed by atoms with E-state index < -0.39 is 0 Å². The second-order valence-electron chi connectivity index (χ2n) is 7.87. The van der Waals surface area contributed by atoms with Crippen molar-refractivity contribution in [2.75, 3.05) is 30.8 Å². The van der Waals surface area contributed by atoms with Gasteiger partial charge in [0, 0.05) is 31.1 Å². The minimum absolute atomic E-state index is 0. The number of aliphatic hydroxyl groups is 1. The summed E-state index contributed by atoms with van der Waals surface area (Å²) in [6, 6.07) is 11.8. The van der Waals surface area contributed by atoms with Crippen molar-refractivity contribution in [3.63, 3.8) is 0 Å². The summed E-state index contributed by atoms with van der Waals surface area (Å²) in [4.78, 5) is 7.90. The first kappa shape index (κ1) is 26.7. The van der Waals surface area contributed by atoms with Crippen LogP contribution in [0.3, 0.4) is 0 Å². The van der Waals surface area contributed by atoms with Crippen molar-refractivity contribution in [2.45, 2.75) is 50.8 Å². The fourth-order valence-corrected chi connectivity index (χ4v) is 4.41. The Morgan fingerprint density at radius 2 is 1.94 bits per heavy atom. The largest absolute Gasteiger partial charge is 0.393 e. The lowest BCUT2D eigenvalue weighted by Crippen LogP contribution is -2.37. The number of benzene rings is 2. The van der Waals surface area contributed by atoms with Gasteiger partial charge in [0.15, 0.2) is 5.96 Å². The summed E-state index contributed by atoms with van der Waals surface area (Å²) in [7, 11) is 0. The lowest BCUT2D eigenvalue weighted by atomic mass is 10.1. The molecule has 32 heavy (non-hydrogen) atoms. The Hall–Kier alpha value is -1.52. The summed E-state index contributed by atoms with van der Waals surface area (Å²) < 4.78 is 14.7. The Labute approximate surface area is 212 Å². The molecule has 0 saturated carbocycles. The quantitative estimate of drug-likeness (QED) is 0.195. The Balaban J connectivity index is 0.00000363. The van der Waals surface area contributed by atoms with E-state index in [0.717, 1.165) is 12.1 Å². The lowest BCUT2D eigenvalue weighted by Gasteiger charge is -2.31. The van der Waals surface area contributed by atoms with Crippen LogP contribution in [0.4, 0.5) is 10.1 Å². The number of anilines is 1. The van der Waals surface area contributed by atoms with Gasteiger partial charge in [0.25, 0.3) is 0 Å². The number of nitrogens with one attached hydrogen (secondary N) is 2. The second kappa shape index (κ2) is 13.3. The van der Waals surface area contributed by atoms with E-state index in [1.54, 1.807) is 17.8 Å². The molecular formula is C24H34FIN4OS. The Kier molecular flexibility index (Phi) is 11.1. The van der Waals surface area contributed by atoms with Crippen LogP contribution in [0.1, 0.15) is 36.5 Å². The number of hydrogen-bond donors (Lipinski definition) is 3. The average Bonchev–Trinajstić information content (AvgIpc) is 2.77. The maximum absolute atomic E-state index is 14.7. The van der Waals surface area contributed by atoms with Gasteiger partial charge in [-0.05, 0) is 67.8 Å². The third-order valence-corrected chi connectivity index (χ3v) is 6.29. The van der Waals surface area contributed by atoms with E-state index in [1.165, 1.54) is 16.0 Å². The molecule has 2 aromatic rings. The molecule has 0 aromatic heterocycles. The minimum atomic E-state index is -0.267. The SMILES string of the molecule is CCNC(=NCc1ccc(N2CCC(O)CC2)c(F)c1)NCc1ccc(C)cc1SC.I. The molecule has 3 rings (SSSR count). The highest BCUT2D eigenvalue weighted by Crippen LogP contribution is 2.25. The lowest BCUT2D eigenvalue weighted by molar-refractivity contribution is 0.145. The highest BCUT2D eigenvalue weighted by atomic mass is 127. The van der Waals surface area contributed by atoms with Gasteiger partial charge >= 0.3 is 0 Å². The maximum atomic E-state index is 14.7. The van der Waals surface area contributed by atoms with Crippen molar-refractivity contribution < 1.29 is 9.50 Å². The number of nitrogens with zero attached hydrogens (tertiary/aromatic N) is 2. The normalized spacial score (nSPS) is 14.8. The van der Waals surface area contributed by atoms with Gasteiger partial charge in [0.1, 0.15) is 5.82 Å². The van der Waals surface area contributed by atoms with Gasteiger partial charge in [-0.3, -0.25) is 0 Å². The third-order valence-electron chi connectivity index (χ3n) is 5.47. The first-order chi connectivity index (χ1) is 15.0. The van der Waals surface area contributed by atoms with E-state index in [0.29, 0.717) is 50.7 Å². The molecule has 0 atom stereocenters. The highest BCUT2D eigenvalue weighted by Gasteiger charge is 2.19. The predicted octanol–water partition coefficient (Wildman–Crippen LogP) is 4.69. The number of aliphatic imine (C=N–C) groups is 1. The monoisotopic (exact) mass is 572 g/mol. The molecular weight excluding hydrogens is 538 g/mol. The number of aryl methyl sites for hydroxylation is 1. The fraction of sp³-hybridized carbons (Fsp3) is 0.458. The third kappa shape index (κ3) is 7.52. The minimum Gasteiger partial charge on any atom is -0.393 e. The van der Waals surface area contributed by atoms with Crippen LogP contribution in [-0.4, -0.2) is 43.1 Å². The zero-order valence-corrected chi connectivity index (χ0v) is 22.2. The van der Waals surface area contributed by atoms with E-state index in [9.17, 15) is 9.50 Å². The first-order valence-electron chi connectivity index (χ1n) is 10.9. The summed E-state index contributed by atoms with van der Waals surface area (Å²) in [6.45, 7) is 7.32. The molecule has 8 heteroatoms. The smallest absolute Gasteiger partial charge is 0.191 e. The first-order valence-corrected chi connectivity index (χ1v) is 12.1. The van der Waals surface area contributed by atoms with Crippen molar-refractivity contribution >= 4 is 47.4 Å². The van der Waals surface area contributed by atoms with Gasteiger partial charge in [0.2, 0.25) is 0 Å². The molecule has 1 saturated heterocycles. The number of rotatable bonds is 7. The van der Waals surface area contributed by atoms with E-state index in [4.69, 9.17) is 0 Å². The van der Waals surface area contributed by atoms with E-state index in [-0.39, 0.29) is 35.9 Å². The van der Waals surface area contributed by atoms with Crippen LogP contribution in [0.5, 0.6) is 0 Å². The van der Waals surface area contributed by atoms with Crippen LogP contribution in [0, 0.1) is 12.7 Å². The maximum Gasteiger partial charge on any atom is 0.191 e. The molecule has 0 radical (unpaired) electrons. The highest BCUT2D eigenvalue weighted by molar-refractivity contribution is 14.0. The molecule has 1 aliphatic heterocycles. The van der Waals surface area contributed by atoms with Crippen molar-refractivity contribution in [1.82, 2.24) is 10.6 Å². The van der Waals surface area contributed by atoms with Gasteiger partial charge in [-0.2, -0.15) is 0 Å². The molecule has 176 valence electrons.